The van der Waals surface area contributed by atoms with E-state index in [1.807, 2.05) is 48.5 Å². The van der Waals surface area contributed by atoms with Crippen molar-refractivity contribution >= 4 is 0 Å². The zero-order valence-corrected chi connectivity index (χ0v) is 19.6. The van der Waals surface area contributed by atoms with E-state index in [9.17, 15) is 31.1 Å². The Morgan fingerprint density at radius 3 is 1.73 bits per heavy atom. The van der Waals surface area contributed by atoms with Gasteiger partial charge in [0.15, 0.2) is 0 Å². The van der Waals surface area contributed by atoms with Gasteiger partial charge in [0.25, 0.3) is 0 Å². The zero-order valence-electron chi connectivity index (χ0n) is 19.6. The normalized spacial score (nSPS) is 12.2. The molecule has 1 aromatic heterocycles. The second-order valence-corrected chi connectivity index (χ2v) is 8.64. The summed E-state index contributed by atoms with van der Waals surface area (Å²) >= 11 is 0. The molecule has 4 rings (SSSR count). The molecule has 194 valence electrons. The molecule has 0 atom stereocenters. The molecule has 0 saturated heterocycles. The maximum absolute atomic E-state index is 13.3. The molecule has 0 radical (unpaired) electrons. The predicted octanol–water partition coefficient (Wildman–Crippen LogP) is 6.16. The van der Waals surface area contributed by atoms with Crippen LogP contribution in [-0.2, 0) is 44.7 Å². The minimum Gasteiger partial charge on any atom is -0.274 e. The quantitative estimate of drug-likeness (QED) is 0.262. The van der Waals surface area contributed by atoms with Crippen LogP contribution in [0.5, 0.6) is 0 Å². The van der Waals surface area contributed by atoms with E-state index in [2.05, 4.69) is 5.10 Å². The highest BCUT2D eigenvalue weighted by Gasteiger charge is 2.36. The molecule has 3 aromatic carbocycles. The summed E-state index contributed by atoms with van der Waals surface area (Å²) in [7, 11) is 0. The first-order valence-corrected chi connectivity index (χ1v) is 11.5. The summed E-state index contributed by atoms with van der Waals surface area (Å²) in [6, 6.07) is 20.1. The van der Waals surface area contributed by atoms with Gasteiger partial charge in [-0.25, -0.2) is 9.48 Å². The van der Waals surface area contributed by atoms with Crippen LogP contribution in [0.25, 0.3) is 0 Å². The Balaban J connectivity index is 1.64. The number of aryl methyl sites for hydroxylation is 4. The lowest BCUT2D eigenvalue weighted by Crippen LogP contribution is -2.26. The highest BCUT2D eigenvalue weighted by molar-refractivity contribution is 5.34. The van der Waals surface area contributed by atoms with Crippen LogP contribution in [0.15, 0.2) is 83.7 Å². The van der Waals surface area contributed by atoms with Gasteiger partial charge in [-0.05, 0) is 47.7 Å². The van der Waals surface area contributed by atoms with Gasteiger partial charge in [-0.1, -0.05) is 60.7 Å². The smallest absolute Gasteiger partial charge is 0.274 e. The molecule has 0 saturated carbocycles. The maximum atomic E-state index is 13.3. The minimum absolute atomic E-state index is 0.0149. The number of nitrogens with zero attached hydrogens (tertiary/aromatic N) is 3. The number of rotatable bonds is 8. The third-order valence-corrected chi connectivity index (χ3v) is 5.92. The van der Waals surface area contributed by atoms with E-state index in [-0.39, 0.29) is 43.4 Å². The van der Waals surface area contributed by atoms with Crippen molar-refractivity contribution in [3.05, 3.63) is 123 Å². The van der Waals surface area contributed by atoms with Crippen molar-refractivity contribution in [3.63, 3.8) is 0 Å². The van der Waals surface area contributed by atoms with Gasteiger partial charge in [-0.3, -0.25) is 4.57 Å². The van der Waals surface area contributed by atoms with Crippen LogP contribution in [0, 0.1) is 0 Å². The van der Waals surface area contributed by atoms with Crippen LogP contribution in [-0.4, -0.2) is 14.3 Å². The SMILES string of the molecule is O=c1n(CCc2ccccc2)nc(CCc2cc(C(F)(F)F)cc(C(F)(F)F)c2)n1Cc1ccccc1. The molecule has 37 heavy (non-hydrogen) atoms. The number of halogens is 6. The monoisotopic (exact) mass is 519 g/mol. The minimum atomic E-state index is -4.93. The topological polar surface area (TPSA) is 39.8 Å². The molecule has 4 aromatic rings. The lowest BCUT2D eigenvalue weighted by molar-refractivity contribution is -0.143. The fraction of sp³-hybridized carbons (Fsp3) is 0.259. The second kappa shape index (κ2) is 10.7. The van der Waals surface area contributed by atoms with Gasteiger partial charge in [0.2, 0.25) is 0 Å². The number of alkyl halides is 6. The third-order valence-electron chi connectivity index (χ3n) is 5.92. The Kier molecular flexibility index (Phi) is 7.56. The van der Waals surface area contributed by atoms with E-state index < -0.39 is 29.2 Å². The van der Waals surface area contributed by atoms with Gasteiger partial charge in [-0.15, -0.1) is 0 Å². The molecule has 0 amide bonds. The Bertz CT molecular complexity index is 1360. The standard InChI is InChI=1S/C27H23F6N3O/c28-26(29,30)22-15-21(16-23(17-22)27(31,32)33)11-12-24-34-36(14-13-19-7-3-1-4-8-19)25(37)35(24)18-20-9-5-2-6-10-20/h1-10,15-17H,11-14,18H2. The van der Waals surface area contributed by atoms with E-state index in [1.165, 1.54) is 9.25 Å². The molecule has 0 aliphatic heterocycles. The molecule has 0 aliphatic carbocycles. The second-order valence-electron chi connectivity index (χ2n) is 8.64. The van der Waals surface area contributed by atoms with E-state index in [4.69, 9.17) is 0 Å². The molecule has 1 heterocycles. The van der Waals surface area contributed by atoms with Crippen molar-refractivity contribution in [3.8, 4) is 0 Å². The van der Waals surface area contributed by atoms with Gasteiger partial charge >= 0.3 is 18.0 Å². The Hall–Kier alpha value is -3.82. The molecular weight excluding hydrogens is 496 g/mol. The van der Waals surface area contributed by atoms with Crippen molar-refractivity contribution in [2.45, 2.75) is 44.7 Å². The summed E-state index contributed by atoms with van der Waals surface area (Å²) in [5.41, 5.74) is -1.46. The van der Waals surface area contributed by atoms with Crippen molar-refractivity contribution in [2.75, 3.05) is 0 Å². The Morgan fingerprint density at radius 2 is 1.19 bits per heavy atom. The first-order valence-electron chi connectivity index (χ1n) is 11.5. The van der Waals surface area contributed by atoms with Gasteiger partial charge < -0.3 is 0 Å². The molecule has 0 unspecified atom stereocenters. The predicted molar refractivity (Wildman–Crippen MR) is 126 cm³/mol. The van der Waals surface area contributed by atoms with E-state index in [0.717, 1.165) is 11.1 Å². The number of hydrogen-bond donors (Lipinski definition) is 0. The van der Waals surface area contributed by atoms with Crippen molar-refractivity contribution in [1.82, 2.24) is 14.3 Å². The first-order chi connectivity index (χ1) is 17.5. The molecule has 0 bridgehead atoms. The van der Waals surface area contributed by atoms with Crippen molar-refractivity contribution in [2.24, 2.45) is 0 Å². The highest BCUT2D eigenvalue weighted by atomic mass is 19.4. The fourth-order valence-electron chi connectivity index (χ4n) is 4.04. The summed E-state index contributed by atoms with van der Waals surface area (Å²) < 4.78 is 82.3. The number of hydrogen-bond acceptors (Lipinski definition) is 2. The summed E-state index contributed by atoms with van der Waals surface area (Å²) in [5, 5.41) is 4.40. The highest BCUT2D eigenvalue weighted by Crippen LogP contribution is 2.36. The Morgan fingerprint density at radius 1 is 0.649 bits per heavy atom. The molecular formula is C27H23F6N3O. The zero-order chi connectivity index (χ0) is 26.6. The Labute approximate surface area is 208 Å². The first kappa shape index (κ1) is 26.2. The van der Waals surface area contributed by atoms with Crippen molar-refractivity contribution < 1.29 is 26.3 Å². The third kappa shape index (κ3) is 6.69. The molecule has 0 spiro atoms. The van der Waals surface area contributed by atoms with Crippen LogP contribution >= 0.6 is 0 Å². The lowest BCUT2D eigenvalue weighted by Gasteiger charge is -2.14. The van der Waals surface area contributed by atoms with Crippen LogP contribution < -0.4 is 5.69 Å². The van der Waals surface area contributed by atoms with Gasteiger partial charge in [0, 0.05) is 6.42 Å². The van der Waals surface area contributed by atoms with Crippen LogP contribution in [0.2, 0.25) is 0 Å². The summed E-state index contributed by atoms with van der Waals surface area (Å²) in [4.78, 5) is 13.2. The summed E-state index contributed by atoms with van der Waals surface area (Å²) in [6.45, 7) is 0.455. The molecule has 10 heteroatoms. The maximum Gasteiger partial charge on any atom is 0.416 e. The van der Waals surface area contributed by atoms with Crippen LogP contribution in [0.1, 0.15) is 33.6 Å². The van der Waals surface area contributed by atoms with Crippen LogP contribution in [0.3, 0.4) is 0 Å². The lowest BCUT2D eigenvalue weighted by atomic mass is 10.0. The molecule has 4 nitrogen and oxygen atoms in total. The van der Waals surface area contributed by atoms with Crippen LogP contribution in [0.4, 0.5) is 26.3 Å². The average Bonchev–Trinajstić information content (AvgIpc) is 3.15. The van der Waals surface area contributed by atoms with E-state index in [0.29, 0.717) is 18.6 Å². The summed E-state index contributed by atoms with van der Waals surface area (Å²) in [5.74, 6) is 0.285. The van der Waals surface area contributed by atoms with E-state index in [1.54, 1.807) is 12.1 Å². The fourth-order valence-corrected chi connectivity index (χ4v) is 4.04. The van der Waals surface area contributed by atoms with Gasteiger partial charge in [0.05, 0.1) is 24.2 Å². The van der Waals surface area contributed by atoms with Crippen molar-refractivity contribution in [1.29, 1.82) is 0 Å². The molecule has 0 fully saturated rings. The molecule has 0 N–H and O–H groups in total. The number of benzene rings is 3. The summed E-state index contributed by atoms with van der Waals surface area (Å²) in [6.07, 6.45) is -9.49. The van der Waals surface area contributed by atoms with E-state index >= 15 is 0 Å². The number of aromatic nitrogens is 3. The van der Waals surface area contributed by atoms with Gasteiger partial charge in [-0.2, -0.15) is 31.4 Å². The van der Waals surface area contributed by atoms with Gasteiger partial charge in [0.1, 0.15) is 5.82 Å². The molecule has 0 aliphatic rings. The average molecular weight is 519 g/mol. The largest absolute Gasteiger partial charge is 0.416 e.